The van der Waals surface area contributed by atoms with Crippen LogP contribution in [0.1, 0.15) is 25.3 Å². The topological polar surface area (TPSA) is 104 Å². The van der Waals surface area contributed by atoms with Crippen LogP contribution in [0.15, 0.2) is 52.0 Å². The van der Waals surface area contributed by atoms with E-state index in [4.69, 9.17) is 4.42 Å². The predicted octanol–water partition coefficient (Wildman–Crippen LogP) is 2.31. The van der Waals surface area contributed by atoms with Crippen LogP contribution in [0.5, 0.6) is 0 Å². The number of aromatic nitrogens is 3. The number of aromatic amines is 1. The van der Waals surface area contributed by atoms with Crippen molar-refractivity contribution in [3.63, 3.8) is 0 Å². The molecule has 0 saturated heterocycles. The van der Waals surface area contributed by atoms with E-state index >= 15 is 0 Å². The zero-order valence-electron chi connectivity index (χ0n) is 14.1. The van der Waals surface area contributed by atoms with E-state index in [1.165, 1.54) is 12.3 Å². The molecule has 1 unspecified atom stereocenters. The van der Waals surface area contributed by atoms with Gasteiger partial charge in [-0.1, -0.05) is 6.92 Å². The highest BCUT2D eigenvalue weighted by Gasteiger charge is 2.26. The smallest absolute Gasteiger partial charge is 0.251 e. The maximum atomic E-state index is 11.7. The molecule has 0 fully saturated rings. The minimum absolute atomic E-state index is 0.182. The molecule has 0 bridgehead atoms. The normalized spacial score (nSPS) is 13.4. The van der Waals surface area contributed by atoms with Gasteiger partial charge in [0.1, 0.15) is 23.0 Å². The highest BCUT2D eigenvalue weighted by molar-refractivity contribution is 5.55. The van der Waals surface area contributed by atoms with Crippen LogP contribution < -0.4 is 10.9 Å². The van der Waals surface area contributed by atoms with Crippen LogP contribution in [0.3, 0.4) is 0 Å². The Kier molecular flexibility index (Phi) is 4.67. The molecule has 0 amide bonds. The molecule has 7 nitrogen and oxygen atoms in total. The van der Waals surface area contributed by atoms with Gasteiger partial charge in [-0.25, -0.2) is 9.97 Å². The van der Waals surface area contributed by atoms with E-state index in [0.717, 1.165) is 11.3 Å². The first-order valence-electron chi connectivity index (χ1n) is 8.05. The van der Waals surface area contributed by atoms with Gasteiger partial charge in [0.25, 0.3) is 5.56 Å². The Morgan fingerprint density at radius 3 is 2.84 bits per heavy atom. The molecule has 25 heavy (non-hydrogen) atoms. The third kappa shape index (κ3) is 3.95. The summed E-state index contributed by atoms with van der Waals surface area (Å²) in [4.78, 5) is 23.1. The third-order valence-electron chi connectivity index (χ3n) is 3.86. The van der Waals surface area contributed by atoms with E-state index in [9.17, 15) is 9.90 Å². The molecule has 3 aromatic heterocycles. The van der Waals surface area contributed by atoms with Crippen molar-refractivity contribution in [3.05, 3.63) is 64.6 Å². The monoisotopic (exact) mass is 340 g/mol. The van der Waals surface area contributed by atoms with E-state index in [1.54, 1.807) is 31.3 Å². The van der Waals surface area contributed by atoms with Crippen molar-refractivity contribution in [2.45, 2.75) is 25.9 Å². The van der Waals surface area contributed by atoms with E-state index in [1.807, 2.05) is 13.0 Å². The molecule has 3 N–H and O–H groups in total. The second kappa shape index (κ2) is 6.90. The number of hydrogen-bond donors (Lipinski definition) is 3. The largest absolute Gasteiger partial charge is 0.466 e. The van der Waals surface area contributed by atoms with Crippen LogP contribution >= 0.6 is 0 Å². The Hall–Kier alpha value is -2.93. The Bertz CT molecular complexity index is 883. The fraction of sp³-hybridized carbons (Fsp3) is 0.278. The molecular formula is C18H20N4O3. The number of nitrogens with zero attached hydrogens (tertiary/aromatic N) is 2. The SMILES string of the molecule is CCc1cc(=O)[nH]c(-c2ccc(NCC(C)(O)c3ccco3)nc2)n1. The molecule has 0 aliphatic carbocycles. The maximum absolute atomic E-state index is 11.7. The van der Waals surface area contributed by atoms with E-state index < -0.39 is 5.60 Å². The van der Waals surface area contributed by atoms with Crippen molar-refractivity contribution in [2.24, 2.45) is 0 Å². The maximum Gasteiger partial charge on any atom is 0.251 e. The molecule has 0 spiro atoms. The Balaban J connectivity index is 1.72. The molecule has 0 radical (unpaired) electrons. The molecule has 130 valence electrons. The summed E-state index contributed by atoms with van der Waals surface area (Å²) in [5.41, 5.74) is 0.122. The second-order valence-electron chi connectivity index (χ2n) is 5.98. The molecule has 0 aliphatic rings. The fourth-order valence-electron chi connectivity index (χ4n) is 2.40. The highest BCUT2D eigenvalue weighted by atomic mass is 16.4. The molecule has 1 atom stereocenters. The fourth-order valence-corrected chi connectivity index (χ4v) is 2.40. The molecule has 0 saturated carbocycles. The quantitative estimate of drug-likeness (QED) is 0.636. The zero-order chi connectivity index (χ0) is 17.9. The lowest BCUT2D eigenvalue weighted by molar-refractivity contribution is 0.0476. The average Bonchev–Trinajstić information content (AvgIpc) is 3.15. The summed E-state index contributed by atoms with van der Waals surface area (Å²) in [6, 6.07) is 8.53. The number of anilines is 1. The van der Waals surface area contributed by atoms with Gasteiger partial charge in [0, 0.05) is 23.5 Å². The summed E-state index contributed by atoms with van der Waals surface area (Å²) >= 11 is 0. The third-order valence-corrected chi connectivity index (χ3v) is 3.86. The van der Waals surface area contributed by atoms with Gasteiger partial charge in [-0.05, 0) is 37.6 Å². The van der Waals surface area contributed by atoms with Crippen molar-refractivity contribution in [1.29, 1.82) is 0 Å². The Labute approximate surface area is 144 Å². The number of aryl methyl sites for hydroxylation is 1. The van der Waals surface area contributed by atoms with Crippen LogP contribution in [0.4, 0.5) is 5.82 Å². The molecule has 3 rings (SSSR count). The van der Waals surface area contributed by atoms with Gasteiger partial charge in [-0.2, -0.15) is 0 Å². The standard InChI is InChI=1S/C18H20N4O3/c1-3-13-9-16(23)22-17(21-13)12-6-7-15(19-10-12)20-11-18(2,24)14-5-4-8-25-14/h4-10,24H,3,11H2,1-2H3,(H,19,20)(H,21,22,23). The van der Waals surface area contributed by atoms with E-state index in [2.05, 4.69) is 20.3 Å². The van der Waals surface area contributed by atoms with Gasteiger partial charge in [0.05, 0.1) is 12.8 Å². The minimum Gasteiger partial charge on any atom is -0.466 e. The van der Waals surface area contributed by atoms with Crippen molar-refractivity contribution >= 4 is 5.82 Å². The van der Waals surface area contributed by atoms with Crippen molar-refractivity contribution in [3.8, 4) is 11.4 Å². The summed E-state index contributed by atoms with van der Waals surface area (Å²) in [5.74, 6) is 1.57. The number of aliphatic hydroxyl groups is 1. The zero-order valence-corrected chi connectivity index (χ0v) is 14.1. The Morgan fingerprint density at radius 2 is 2.20 bits per heavy atom. The lowest BCUT2D eigenvalue weighted by atomic mass is 10.0. The van der Waals surface area contributed by atoms with Gasteiger partial charge >= 0.3 is 0 Å². The summed E-state index contributed by atoms with van der Waals surface area (Å²) < 4.78 is 5.24. The van der Waals surface area contributed by atoms with Gasteiger partial charge < -0.3 is 19.8 Å². The first-order chi connectivity index (χ1) is 12.0. The van der Waals surface area contributed by atoms with Crippen LogP contribution in [0.2, 0.25) is 0 Å². The van der Waals surface area contributed by atoms with Crippen LogP contribution in [-0.4, -0.2) is 26.6 Å². The first kappa shape index (κ1) is 16.9. The lowest BCUT2D eigenvalue weighted by Gasteiger charge is -2.21. The summed E-state index contributed by atoms with van der Waals surface area (Å²) in [7, 11) is 0. The minimum atomic E-state index is -1.15. The molecule has 3 aromatic rings. The molecule has 3 heterocycles. The van der Waals surface area contributed by atoms with Crippen LogP contribution in [0.25, 0.3) is 11.4 Å². The number of H-pyrrole nitrogens is 1. The second-order valence-corrected chi connectivity index (χ2v) is 5.98. The Morgan fingerprint density at radius 1 is 1.36 bits per heavy atom. The average molecular weight is 340 g/mol. The van der Waals surface area contributed by atoms with Crippen molar-refractivity contribution in [1.82, 2.24) is 15.0 Å². The lowest BCUT2D eigenvalue weighted by Crippen LogP contribution is -2.30. The number of hydrogen-bond acceptors (Lipinski definition) is 6. The molecule has 0 aliphatic heterocycles. The summed E-state index contributed by atoms with van der Waals surface area (Å²) in [5, 5.41) is 13.5. The summed E-state index contributed by atoms with van der Waals surface area (Å²) in [6.45, 7) is 3.85. The number of pyridine rings is 1. The summed E-state index contributed by atoms with van der Waals surface area (Å²) in [6.07, 6.45) is 3.84. The van der Waals surface area contributed by atoms with Crippen LogP contribution in [-0.2, 0) is 12.0 Å². The van der Waals surface area contributed by atoms with E-state index in [-0.39, 0.29) is 12.1 Å². The predicted molar refractivity (Wildman–Crippen MR) is 94.2 cm³/mol. The van der Waals surface area contributed by atoms with Gasteiger partial charge in [0.15, 0.2) is 0 Å². The van der Waals surface area contributed by atoms with Gasteiger partial charge in [-0.15, -0.1) is 0 Å². The number of furan rings is 1. The van der Waals surface area contributed by atoms with Crippen LogP contribution in [0, 0.1) is 0 Å². The molecular weight excluding hydrogens is 320 g/mol. The molecule has 7 heteroatoms. The van der Waals surface area contributed by atoms with E-state index in [0.29, 0.717) is 23.8 Å². The first-order valence-corrected chi connectivity index (χ1v) is 8.05. The van der Waals surface area contributed by atoms with Crippen molar-refractivity contribution < 1.29 is 9.52 Å². The molecule has 0 aromatic carbocycles. The van der Waals surface area contributed by atoms with Crippen molar-refractivity contribution in [2.75, 3.05) is 11.9 Å². The highest BCUT2D eigenvalue weighted by Crippen LogP contribution is 2.22. The van der Waals surface area contributed by atoms with Gasteiger partial charge in [-0.3, -0.25) is 4.79 Å². The number of rotatable bonds is 6. The number of nitrogens with one attached hydrogen (secondary N) is 2. The van der Waals surface area contributed by atoms with Gasteiger partial charge in [0.2, 0.25) is 0 Å².